The molecule has 1 aromatic carbocycles. The highest BCUT2D eigenvalue weighted by Gasteiger charge is 2.43. The van der Waals surface area contributed by atoms with E-state index in [2.05, 4.69) is 0 Å². The number of nitrogens with zero attached hydrogens (tertiary/aromatic N) is 1. The summed E-state index contributed by atoms with van der Waals surface area (Å²) in [6.07, 6.45) is 3.14. The standard InChI is InChI=1S/C19H23NO4/c1-13-10-12-24-17(13)18(21)20-11-4-5-16(20)19(2,22)14-6-8-15(23-3)9-7-14/h6-10,12,16,22H,4-5,11H2,1-3H3/t16-,19+/m1/s1. The van der Waals surface area contributed by atoms with Crippen LogP contribution in [0.1, 0.15) is 41.4 Å². The van der Waals surface area contributed by atoms with Gasteiger partial charge in [0, 0.05) is 12.1 Å². The third kappa shape index (κ3) is 2.80. The SMILES string of the molecule is COc1ccc([C@](C)(O)[C@H]2CCCN2C(=O)c2occc2C)cc1. The maximum absolute atomic E-state index is 12.8. The number of aryl methyl sites for hydroxylation is 1. The Morgan fingerprint density at radius 1 is 1.33 bits per heavy atom. The summed E-state index contributed by atoms with van der Waals surface area (Å²) in [4.78, 5) is 14.6. The van der Waals surface area contributed by atoms with E-state index >= 15 is 0 Å². The van der Waals surface area contributed by atoms with E-state index in [-0.39, 0.29) is 11.9 Å². The number of benzene rings is 1. The average Bonchev–Trinajstić information content (AvgIpc) is 3.23. The molecule has 24 heavy (non-hydrogen) atoms. The second-order valence-corrected chi connectivity index (χ2v) is 6.47. The summed E-state index contributed by atoms with van der Waals surface area (Å²) in [6, 6.07) is 8.82. The summed E-state index contributed by atoms with van der Waals surface area (Å²) < 4.78 is 10.5. The van der Waals surface area contributed by atoms with Gasteiger partial charge in [0.2, 0.25) is 0 Å². The molecule has 1 fully saturated rings. The Kier molecular flexibility index (Phi) is 4.37. The molecule has 0 spiro atoms. The van der Waals surface area contributed by atoms with Crippen molar-refractivity contribution in [1.29, 1.82) is 0 Å². The van der Waals surface area contributed by atoms with Crippen molar-refractivity contribution < 1.29 is 19.1 Å². The van der Waals surface area contributed by atoms with Gasteiger partial charge in [-0.2, -0.15) is 0 Å². The highest BCUT2D eigenvalue weighted by molar-refractivity contribution is 5.93. The molecule has 0 bridgehead atoms. The molecule has 1 aliphatic rings. The molecule has 5 nitrogen and oxygen atoms in total. The summed E-state index contributed by atoms with van der Waals surface area (Å²) >= 11 is 0. The smallest absolute Gasteiger partial charge is 0.290 e. The van der Waals surface area contributed by atoms with E-state index in [0.717, 1.165) is 29.7 Å². The van der Waals surface area contributed by atoms with Crippen LogP contribution in [0.25, 0.3) is 0 Å². The third-order valence-corrected chi connectivity index (χ3v) is 4.89. The van der Waals surface area contributed by atoms with Crippen LogP contribution in [0.15, 0.2) is 41.0 Å². The largest absolute Gasteiger partial charge is 0.497 e. The van der Waals surface area contributed by atoms with Gasteiger partial charge in [0.1, 0.15) is 11.4 Å². The molecule has 0 radical (unpaired) electrons. The maximum Gasteiger partial charge on any atom is 0.290 e. The first-order valence-electron chi connectivity index (χ1n) is 8.17. The van der Waals surface area contributed by atoms with Crippen LogP contribution < -0.4 is 4.74 Å². The van der Waals surface area contributed by atoms with E-state index in [9.17, 15) is 9.90 Å². The van der Waals surface area contributed by atoms with Crippen LogP contribution in [0.2, 0.25) is 0 Å². The number of furan rings is 1. The van der Waals surface area contributed by atoms with Crippen molar-refractivity contribution >= 4 is 5.91 Å². The zero-order valence-electron chi connectivity index (χ0n) is 14.3. The van der Waals surface area contributed by atoms with Gasteiger partial charge in [0.15, 0.2) is 5.76 Å². The highest BCUT2D eigenvalue weighted by Crippen LogP contribution is 2.36. The lowest BCUT2D eigenvalue weighted by atomic mass is 9.86. The minimum Gasteiger partial charge on any atom is -0.497 e. The Morgan fingerprint density at radius 2 is 2.04 bits per heavy atom. The Hall–Kier alpha value is -2.27. The van der Waals surface area contributed by atoms with Gasteiger partial charge in [-0.1, -0.05) is 12.1 Å². The van der Waals surface area contributed by atoms with Crippen molar-refractivity contribution in [3.63, 3.8) is 0 Å². The zero-order chi connectivity index (χ0) is 17.3. The molecular formula is C19H23NO4. The Bertz CT molecular complexity index is 717. The van der Waals surface area contributed by atoms with Crippen molar-refractivity contribution in [2.24, 2.45) is 0 Å². The molecule has 1 aliphatic heterocycles. The second-order valence-electron chi connectivity index (χ2n) is 6.47. The molecule has 1 aromatic heterocycles. The number of rotatable bonds is 4. The van der Waals surface area contributed by atoms with Crippen LogP contribution in [0.5, 0.6) is 5.75 Å². The normalized spacial score (nSPS) is 20.0. The van der Waals surface area contributed by atoms with Gasteiger partial charge in [-0.05, 0) is 50.5 Å². The molecule has 2 heterocycles. The molecule has 1 amide bonds. The Morgan fingerprint density at radius 3 is 2.62 bits per heavy atom. The van der Waals surface area contributed by atoms with Crippen LogP contribution in [-0.4, -0.2) is 35.6 Å². The fourth-order valence-corrected chi connectivity index (χ4v) is 3.44. The van der Waals surface area contributed by atoms with Gasteiger partial charge in [-0.25, -0.2) is 0 Å². The number of hydrogen-bond donors (Lipinski definition) is 1. The molecule has 0 saturated carbocycles. The molecule has 1 N–H and O–H groups in total. The van der Waals surface area contributed by atoms with Crippen LogP contribution in [0, 0.1) is 6.92 Å². The van der Waals surface area contributed by atoms with Crippen molar-refractivity contribution in [2.75, 3.05) is 13.7 Å². The first-order valence-corrected chi connectivity index (χ1v) is 8.17. The molecule has 0 aliphatic carbocycles. The monoisotopic (exact) mass is 329 g/mol. The van der Waals surface area contributed by atoms with Gasteiger partial charge in [-0.15, -0.1) is 0 Å². The number of amides is 1. The van der Waals surface area contributed by atoms with Crippen LogP contribution in [0.3, 0.4) is 0 Å². The van der Waals surface area contributed by atoms with Crippen LogP contribution >= 0.6 is 0 Å². The quantitative estimate of drug-likeness (QED) is 0.936. The van der Waals surface area contributed by atoms with E-state index in [0.29, 0.717) is 12.3 Å². The van der Waals surface area contributed by atoms with E-state index < -0.39 is 5.60 Å². The summed E-state index contributed by atoms with van der Waals surface area (Å²) in [5.74, 6) is 0.932. The second kappa shape index (κ2) is 6.32. The fourth-order valence-electron chi connectivity index (χ4n) is 3.44. The van der Waals surface area contributed by atoms with Gasteiger partial charge in [-0.3, -0.25) is 4.79 Å². The number of aliphatic hydroxyl groups is 1. The van der Waals surface area contributed by atoms with Crippen molar-refractivity contribution in [3.05, 3.63) is 53.5 Å². The van der Waals surface area contributed by atoms with Gasteiger partial charge < -0.3 is 19.2 Å². The lowest BCUT2D eigenvalue weighted by Gasteiger charge is -2.36. The zero-order valence-corrected chi connectivity index (χ0v) is 14.3. The van der Waals surface area contributed by atoms with Crippen molar-refractivity contribution in [2.45, 2.75) is 38.3 Å². The summed E-state index contributed by atoms with van der Waals surface area (Å²) in [5.41, 5.74) is 0.442. The van der Waals surface area contributed by atoms with Gasteiger partial charge >= 0.3 is 0 Å². The first-order chi connectivity index (χ1) is 11.4. The third-order valence-electron chi connectivity index (χ3n) is 4.89. The number of likely N-dealkylation sites (tertiary alicyclic amines) is 1. The number of carbonyl (C=O) groups excluding carboxylic acids is 1. The minimum atomic E-state index is -1.14. The topological polar surface area (TPSA) is 62.9 Å². The van der Waals surface area contributed by atoms with Gasteiger partial charge in [0.25, 0.3) is 5.91 Å². The van der Waals surface area contributed by atoms with Crippen LogP contribution in [0.4, 0.5) is 0 Å². The molecule has 128 valence electrons. The lowest BCUT2D eigenvalue weighted by Crippen LogP contribution is -2.48. The van der Waals surface area contributed by atoms with Gasteiger partial charge in [0.05, 0.1) is 19.4 Å². The Balaban J connectivity index is 1.88. The lowest BCUT2D eigenvalue weighted by molar-refractivity contribution is -0.0186. The highest BCUT2D eigenvalue weighted by atomic mass is 16.5. The minimum absolute atomic E-state index is 0.159. The summed E-state index contributed by atoms with van der Waals surface area (Å²) in [7, 11) is 1.61. The predicted molar refractivity (Wildman–Crippen MR) is 90.1 cm³/mol. The molecule has 2 atom stereocenters. The number of methoxy groups -OCH3 is 1. The average molecular weight is 329 g/mol. The fraction of sp³-hybridized carbons (Fsp3) is 0.421. The molecule has 3 rings (SSSR count). The van der Waals surface area contributed by atoms with Crippen molar-refractivity contribution in [1.82, 2.24) is 4.90 Å². The predicted octanol–water partition coefficient (Wildman–Crippen LogP) is 3.11. The number of ether oxygens (including phenoxy) is 1. The van der Waals surface area contributed by atoms with Crippen molar-refractivity contribution in [3.8, 4) is 5.75 Å². The number of hydrogen-bond acceptors (Lipinski definition) is 4. The first kappa shape index (κ1) is 16.6. The van der Waals surface area contributed by atoms with E-state index in [1.165, 1.54) is 6.26 Å². The molecule has 2 aromatic rings. The van der Waals surface area contributed by atoms with E-state index in [1.54, 1.807) is 25.0 Å². The molecule has 5 heteroatoms. The molecule has 0 unspecified atom stereocenters. The summed E-state index contributed by atoms with van der Waals surface area (Å²) in [5, 5.41) is 11.2. The van der Waals surface area contributed by atoms with Crippen LogP contribution in [-0.2, 0) is 5.60 Å². The maximum atomic E-state index is 12.8. The number of carbonyl (C=O) groups is 1. The van der Waals surface area contributed by atoms with E-state index in [1.807, 2.05) is 31.2 Å². The molecule has 1 saturated heterocycles. The summed E-state index contributed by atoms with van der Waals surface area (Å²) in [6.45, 7) is 4.24. The Labute approximate surface area is 141 Å². The van der Waals surface area contributed by atoms with E-state index in [4.69, 9.17) is 9.15 Å². The molecular weight excluding hydrogens is 306 g/mol.